The molecule has 0 fully saturated rings. The molecule has 0 atom stereocenters. The Bertz CT molecular complexity index is 1240. The van der Waals surface area contributed by atoms with E-state index in [-0.39, 0.29) is 5.91 Å². The van der Waals surface area contributed by atoms with Crippen molar-refractivity contribution in [2.24, 2.45) is 0 Å². The van der Waals surface area contributed by atoms with Gasteiger partial charge < -0.3 is 14.6 Å². The van der Waals surface area contributed by atoms with Crippen LogP contribution >= 0.6 is 11.6 Å². The number of nitrogens with one attached hydrogen (secondary N) is 1. The van der Waals surface area contributed by atoms with E-state index in [2.05, 4.69) is 41.9 Å². The molecule has 3 aromatic carbocycles. The molecule has 34 heavy (non-hydrogen) atoms. The monoisotopic (exact) mass is 475 g/mol. The molecule has 0 spiro atoms. The SMILES string of the molecule is Cc1cccc(C)c1OCCn1c(CCCNC(=O)Cc2ccc(Cl)cc2)nc2ccccc21. The number of fused-ring (bicyclic) bond motifs is 1. The summed E-state index contributed by atoms with van der Waals surface area (Å²) in [5, 5.41) is 3.69. The minimum Gasteiger partial charge on any atom is -0.491 e. The lowest BCUT2D eigenvalue weighted by Gasteiger charge is -2.14. The third-order valence-electron chi connectivity index (χ3n) is 5.88. The first-order chi connectivity index (χ1) is 16.5. The van der Waals surface area contributed by atoms with Crippen LogP contribution in [0.4, 0.5) is 0 Å². The third-order valence-corrected chi connectivity index (χ3v) is 6.13. The van der Waals surface area contributed by atoms with Crippen molar-refractivity contribution >= 4 is 28.5 Å². The second-order valence-electron chi connectivity index (χ2n) is 8.49. The number of para-hydroxylation sites is 3. The third kappa shape index (κ3) is 5.97. The molecule has 0 aliphatic carbocycles. The standard InChI is InChI=1S/C28H30ClN3O2/c1-20-7-5-8-21(2)28(20)34-18-17-32-25-10-4-3-9-24(25)31-26(32)11-6-16-30-27(33)19-22-12-14-23(29)15-13-22/h3-5,7-10,12-15H,6,11,16-19H2,1-2H3,(H,30,33). The first-order valence-corrected chi connectivity index (χ1v) is 12.0. The van der Waals surface area contributed by atoms with E-state index in [4.69, 9.17) is 21.3 Å². The summed E-state index contributed by atoms with van der Waals surface area (Å²) >= 11 is 5.91. The van der Waals surface area contributed by atoms with Gasteiger partial charge in [0.15, 0.2) is 0 Å². The van der Waals surface area contributed by atoms with Crippen molar-refractivity contribution in [1.82, 2.24) is 14.9 Å². The van der Waals surface area contributed by atoms with E-state index in [1.54, 1.807) is 12.1 Å². The fraction of sp³-hybridized carbons (Fsp3) is 0.286. The number of carbonyl (C=O) groups excluding carboxylic acids is 1. The van der Waals surface area contributed by atoms with Crippen molar-refractivity contribution in [3.8, 4) is 5.75 Å². The summed E-state index contributed by atoms with van der Waals surface area (Å²) in [6.07, 6.45) is 1.94. The lowest BCUT2D eigenvalue weighted by molar-refractivity contribution is -0.120. The highest BCUT2D eigenvalue weighted by Crippen LogP contribution is 2.23. The van der Waals surface area contributed by atoms with Gasteiger partial charge in [0.2, 0.25) is 5.91 Å². The number of benzene rings is 3. The fourth-order valence-electron chi connectivity index (χ4n) is 4.16. The lowest BCUT2D eigenvalue weighted by atomic mass is 10.1. The first-order valence-electron chi connectivity index (χ1n) is 11.7. The van der Waals surface area contributed by atoms with Gasteiger partial charge in [0.05, 0.1) is 24.0 Å². The number of aromatic nitrogens is 2. The van der Waals surface area contributed by atoms with Gasteiger partial charge in [0, 0.05) is 18.0 Å². The predicted molar refractivity (Wildman–Crippen MR) is 138 cm³/mol. The number of hydrogen-bond donors (Lipinski definition) is 1. The molecule has 6 heteroatoms. The van der Waals surface area contributed by atoms with Crippen LogP contribution in [-0.4, -0.2) is 28.6 Å². The van der Waals surface area contributed by atoms with Crippen LogP contribution in [0.1, 0.15) is 28.9 Å². The number of nitrogens with zero attached hydrogens (tertiary/aromatic N) is 2. The van der Waals surface area contributed by atoms with Gasteiger partial charge in [-0.15, -0.1) is 0 Å². The second kappa shape index (κ2) is 11.2. The molecule has 176 valence electrons. The van der Waals surface area contributed by atoms with Crippen molar-refractivity contribution < 1.29 is 9.53 Å². The minimum absolute atomic E-state index is 0.0119. The van der Waals surface area contributed by atoms with Crippen molar-refractivity contribution in [2.45, 2.75) is 39.7 Å². The Labute approximate surface area is 205 Å². The van der Waals surface area contributed by atoms with Crippen LogP contribution in [0, 0.1) is 13.8 Å². The molecule has 1 aromatic heterocycles. The Balaban J connectivity index is 1.34. The molecule has 0 saturated carbocycles. The number of aryl methyl sites for hydroxylation is 3. The maximum absolute atomic E-state index is 12.3. The Hall–Kier alpha value is -3.31. The molecule has 0 bridgehead atoms. The predicted octanol–water partition coefficient (Wildman–Crippen LogP) is 5.68. The number of hydrogen-bond acceptors (Lipinski definition) is 3. The van der Waals surface area contributed by atoms with Crippen molar-refractivity contribution in [3.05, 3.63) is 94.3 Å². The Morgan fingerprint density at radius 1 is 1.00 bits per heavy atom. The number of amides is 1. The average molecular weight is 476 g/mol. The summed E-state index contributed by atoms with van der Waals surface area (Å²) in [7, 11) is 0. The number of carbonyl (C=O) groups is 1. The van der Waals surface area contributed by atoms with Crippen LogP contribution in [0.2, 0.25) is 5.02 Å². The molecule has 0 unspecified atom stereocenters. The molecule has 5 nitrogen and oxygen atoms in total. The summed E-state index contributed by atoms with van der Waals surface area (Å²) in [4.78, 5) is 17.1. The van der Waals surface area contributed by atoms with Crippen molar-refractivity contribution in [3.63, 3.8) is 0 Å². The summed E-state index contributed by atoms with van der Waals surface area (Å²) in [5.41, 5.74) is 5.33. The van der Waals surface area contributed by atoms with E-state index < -0.39 is 0 Å². The first kappa shape index (κ1) is 23.8. The molecule has 1 heterocycles. The van der Waals surface area contributed by atoms with Gasteiger partial charge in [-0.05, 0) is 61.2 Å². The molecular formula is C28H30ClN3O2. The number of rotatable bonds is 10. The molecule has 0 aliphatic heterocycles. The smallest absolute Gasteiger partial charge is 0.224 e. The molecule has 4 rings (SSSR count). The van der Waals surface area contributed by atoms with Crippen LogP contribution in [0.3, 0.4) is 0 Å². The maximum Gasteiger partial charge on any atom is 0.224 e. The Morgan fingerprint density at radius 2 is 1.74 bits per heavy atom. The van der Waals surface area contributed by atoms with Gasteiger partial charge in [-0.2, -0.15) is 0 Å². The van der Waals surface area contributed by atoms with Crippen molar-refractivity contribution in [1.29, 1.82) is 0 Å². The molecule has 4 aromatic rings. The van der Waals surface area contributed by atoms with Gasteiger partial charge in [-0.3, -0.25) is 4.79 Å². The Kier molecular flexibility index (Phi) is 7.86. The van der Waals surface area contributed by atoms with E-state index in [1.807, 2.05) is 36.4 Å². The van der Waals surface area contributed by atoms with Gasteiger partial charge >= 0.3 is 0 Å². The second-order valence-corrected chi connectivity index (χ2v) is 8.93. The number of imidazole rings is 1. The number of halogens is 1. The molecular weight excluding hydrogens is 446 g/mol. The topological polar surface area (TPSA) is 56.1 Å². The lowest BCUT2D eigenvalue weighted by Crippen LogP contribution is -2.26. The zero-order chi connectivity index (χ0) is 23.9. The summed E-state index contributed by atoms with van der Waals surface area (Å²) in [6, 6.07) is 21.7. The van der Waals surface area contributed by atoms with Gasteiger partial charge in [0.25, 0.3) is 0 Å². The molecule has 0 aliphatic rings. The van der Waals surface area contributed by atoms with Gasteiger partial charge in [-0.25, -0.2) is 4.98 Å². The van der Waals surface area contributed by atoms with Gasteiger partial charge in [-0.1, -0.05) is 54.1 Å². The summed E-state index contributed by atoms with van der Waals surface area (Å²) in [5.74, 6) is 1.98. The maximum atomic E-state index is 12.3. The molecule has 0 radical (unpaired) electrons. The zero-order valence-electron chi connectivity index (χ0n) is 19.7. The van der Waals surface area contributed by atoms with Crippen LogP contribution in [-0.2, 0) is 24.2 Å². The van der Waals surface area contributed by atoms with E-state index in [1.165, 1.54) is 0 Å². The highest BCUT2D eigenvalue weighted by atomic mass is 35.5. The van der Waals surface area contributed by atoms with Crippen LogP contribution in [0.25, 0.3) is 11.0 Å². The summed E-state index contributed by atoms with van der Waals surface area (Å²) in [6.45, 7) is 6.03. The van der Waals surface area contributed by atoms with Crippen molar-refractivity contribution in [2.75, 3.05) is 13.2 Å². The zero-order valence-corrected chi connectivity index (χ0v) is 20.4. The van der Waals surface area contributed by atoms with E-state index in [9.17, 15) is 4.79 Å². The highest BCUT2D eigenvalue weighted by molar-refractivity contribution is 6.30. The Morgan fingerprint density at radius 3 is 2.50 bits per heavy atom. The molecule has 1 N–H and O–H groups in total. The van der Waals surface area contributed by atoms with E-state index in [0.717, 1.165) is 52.1 Å². The highest BCUT2D eigenvalue weighted by Gasteiger charge is 2.12. The average Bonchev–Trinajstić information content (AvgIpc) is 3.17. The normalized spacial score (nSPS) is 11.0. The molecule has 0 saturated heterocycles. The fourth-order valence-corrected chi connectivity index (χ4v) is 4.28. The quantitative estimate of drug-likeness (QED) is 0.300. The number of ether oxygens (including phenoxy) is 1. The van der Waals surface area contributed by atoms with Crippen LogP contribution in [0.5, 0.6) is 5.75 Å². The van der Waals surface area contributed by atoms with Gasteiger partial charge in [0.1, 0.15) is 18.2 Å². The molecule has 1 amide bonds. The van der Waals surface area contributed by atoms with E-state index >= 15 is 0 Å². The van der Waals surface area contributed by atoms with Crippen LogP contribution in [0.15, 0.2) is 66.7 Å². The largest absolute Gasteiger partial charge is 0.491 e. The van der Waals surface area contributed by atoms with E-state index in [0.29, 0.717) is 31.1 Å². The minimum atomic E-state index is 0.0119. The summed E-state index contributed by atoms with van der Waals surface area (Å²) < 4.78 is 8.39. The van der Waals surface area contributed by atoms with Crippen LogP contribution < -0.4 is 10.1 Å².